The van der Waals surface area contributed by atoms with Crippen LogP contribution in [-0.4, -0.2) is 18.1 Å². The highest BCUT2D eigenvalue weighted by Crippen LogP contribution is 2.05. The zero-order valence-electron chi connectivity index (χ0n) is 6.50. The van der Waals surface area contributed by atoms with E-state index >= 15 is 0 Å². The molecule has 3 heteroatoms. The van der Waals surface area contributed by atoms with Gasteiger partial charge in [0.15, 0.2) is 0 Å². The van der Waals surface area contributed by atoms with Gasteiger partial charge in [0.1, 0.15) is 0 Å². The molecule has 1 aromatic rings. The van der Waals surface area contributed by atoms with Crippen LogP contribution in [0, 0.1) is 6.92 Å². The highest BCUT2D eigenvalue weighted by Gasteiger charge is 2.06. The van der Waals surface area contributed by atoms with E-state index in [4.69, 9.17) is 0 Å². The lowest BCUT2D eigenvalue weighted by molar-refractivity contribution is 0.0599. The molecule has 0 N–H and O–H groups in total. The molecule has 1 heterocycles. The highest BCUT2D eigenvalue weighted by molar-refractivity contribution is 5.90. The first kappa shape index (κ1) is 7.72. The molecule has 0 atom stereocenters. The number of ether oxygens (including phenoxy) is 1. The number of carbonyl (C=O) groups excluding carboxylic acids is 1. The van der Waals surface area contributed by atoms with Crippen molar-refractivity contribution < 1.29 is 9.53 Å². The van der Waals surface area contributed by atoms with Crippen molar-refractivity contribution >= 4 is 5.97 Å². The third kappa shape index (κ3) is 1.55. The van der Waals surface area contributed by atoms with E-state index in [2.05, 4.69) is 9.72 Å². The van der Waals surface area contributed by atoms with E-state index in [-0.39, 0.29) is 5.97 Å². The van der Waals surface area contributed by atoms with Gasteiger partial charge >= 0.3 is 5.97 Å². The molecule has 0 saturated heterocycles. The molecule has 0 spiro atoms. The summed E-state index contributed by atoms with van der Waals surface area (Å²) in [6, 6.07) is 1.77. The Morgan fingerprint density at radius 3 is 2.91 bits per heavy atom. The molecular weight excluding hydrogens is 142 g/mol. The number of hydrogen-bond acceptors (Lipinski definition) is 3. The summed E-state index contributed by atoms with van der Waals surface area (Å²) in [6.45, 7) is 1.84. The van der Waals surface area contributed by atoms with Crippen LogP contribution in [0.1, 0.15) is 15.9 Å². The number of aromatic nitrogens is 1. The molecule has 0 saturated carbocycles. The standard InChI is InChI=1S/C8H9NO2/c1-6-3-4-9-5-7(6)8(10)11-2/h3-5H,1-2H3. The van der Waals surface area contributed by atoms with Crippen LogP contribution < -0.4 is 0 Å². The predicted molar refractivity (Wildman–Crippen MR) is 40.3 cm³/mol. The first-order valence-electron chi connectivity index (χ1n) is 3.24. The first-order valence-corrected chi connectivity index (χ1v) is 3.24. The number of carbonyl (C=O) groups is 1. The van der Waals surface area contributed by atoms with Crippen molar-refractivity contribution in [2.45, 2.75) is 6.92 Å². The van der Waals surface area contributed by atoms with E-state index in [0.717, 1.165) is 5.56 Å². The largest absolute Gasteiger partial charge is 0.465 e. The molecular formula is C8H9NO2. The van der Waals surface area contributed by atoms with Crippen LogP contribution in [0.25, 0.3) is 0 Å². The molecule has 0 fully saturated rings. The number of nitrogens with zero attached hydrogens (tertiary/aromatic N) is 1. The Morgan fingerprint density at radius 1 is 1.64 bits per heavy atom. The number of aryl methyl sites for hydroxylation is 1. The minimum Gasteiger partial charge on any atom is -0.465 e. The fourth-order valence-electron chi connectivity index (χ4n) is 0.788. The Hall–Kier alpha value is -1.38. The molecule has 11 heavy (non-hydrogen) atoms. The Bertz CT molecular complexity index is 271. The SMILES string of the molecule is COC(=O)c1cnccc1C. The molecule has 58 valence electrons. The molecule has 0 aromatic carbocycles. The van der Waals surface area contributed by atoms with Crippen LogP contribution in [0.5, 0.6) is 0 Å². The second kappa shape index (κ2) is 3.14. The van der Waals surface area contributed by atoms with Crippen molar-refractivity contribution in [3.8, 4) is 0 Å². The maximum Gasteiger partial charge on any atom is 0.339 e. The molecule has 0 amide bonds. The van der Waals surface area contributed by atoms with Gasteiger partial charge in [-0.1, -0.05) is 0 Å². The fraction of sp³-hybridized carbons (Fsp3) is 0.250. The van der Waals surface area contributed by atoms with Crippen LogP contribution in [0.2, 0.25) is 0 Å². The van der Waals surface area contributed by atoms with Crippen LogP contribution in [-0.2, 0) is 4.74 Å². The molecule has 0 unspecified atom stereocenters. The van der Waals surface area contributed by atoms with Gasteiger partial charge in [-0.15, -0.1) is 0 Å². The quantitative estimate of drug-likeness (QED) is 0.566. The van der Waals surface area contributed by atoms with Gasteiger partial charge in [0, 0.05) is 12.4 Å². The predicted octanol–water partition coefficient (Wildman–Crippen LogP) is 1.18. The summed E-state index contributed by atoms with van der Waals surface area (Å²) in [6.07, 6.45) is 3.14. The number of hydrogen-bond donors (Lipinski definition) is 0. The fourth-order valence-corrected chi connectivity index (χ4v) is 0.788. The third-order valence-corrected chi connectivity index (χ3v) is 1.44. The Labute approximate surface area is 65.0 Å². The number of rotatable bonds is 1. The maximum atomic E-state index is 11.0. The van der Waals surface area contributed by atoms with Gasteiger partial charge in [-0.05, 0) is 18.6 Å². The summed E-state index contributed by atoms with van der Waals surface area (Å²) >= 11 is 0. The Morgan fingerprint density at radius 2 is 2.36 bits per heavy atom. The third-order valence-electron chi connectivity index (χ3n) is 1.44. The number of esters is 1. The average Bonchev–Trinajstić information content (AvgIpc) is 2.04. The monoisotopic (exact) mass is 151 g/mol. The van der Waals surface area contributed by atoms with E-state index in [1.807, 2.05) is 6.92 Å². The van der Waals surface area contributed by atoms with E-state index < -0.39 is 0 Å². The van der Waals surface area contributed by atoms with Crippen LogP contribution in [0.3, 0.4) is 0 Å². The minimum absolute atomic E-state index is 0.337. The normalized spacial score (nSPS) is 9.27. The van der Waals surface area contributed by atoms with E-state index in [0.29, 0.717) is 5.56 Å². The van der Waals surface area contributed by atoms with Crippen LogP contribution in [0.15, 0.2) is 18.5 Å². The summed E-state index contributed by atoms with van der Waals surface area (Å²) in [4.78, 5) is 14.8. The van der Waals surface area contributed by atoms with Crippen LogP contribution >= 0.6 is 0 Å². The van der Waals surface area contributed by atoms with Crippen molar-refractivity contribution in [1.29, 1.82) is 0 Å². The average molecular weight is 151 g/mol. The molecule has 0 aliphatic carbocycles. The van der Waals surface area contributed by atoms with Gasteiger partial charge in [0.2, 0.25) is 0 Å². The lowest BCUT2D eigenvalue weighted by Crippen LogP contribution is -2.03. The number of pyridine rings is 1. The lowest BCUT2D eigenvalue weighted by atomic mass is 10.2. The molecule has 0 radical (unpaired) electrons. The zero-order valence-corrected chi connectivity index (χ0v) is 6.50. The lowest BCUT2D eigenvalue weighted by Gasteiger charge is -2.00. The molecule has 0 aliphatic rings. The Balaban J connectivity index is 3.03. The van der Waals surface area contributed by atoms with E-state index in [9.17, 15) is 4.79 Å². The van der Waals surface area contributed by atoms with Gasteiger partial charge in [0.25, 0.3) is 0 Å². The molecule has 0 bridgehead atoms. The summed E-state index contributed by atoms with van der Waals surface area (Å²) in [5, 5.41) is 0. The van der Waals surface area contributed by atoms with Crippen molar-refractivity contribution in [3.05, 3.63) is 29.6 Å². The summed E-state index contributed by atoms with van der Waals surface area (Å²) in [5.41, 5.74) is 1.40. The minimum atomic E-state index is -0.337. The highest BCUT2D eigenvalue weighted by atomic mass is 16.5. The van der Waals surface area contributed by atoms with Crippen molar-refractivity contribution in [2.75, 3.05) is 7.11 Å². The Kier molecular flexibility index (Phi) is 2.21. The van der Waals surface area contributed by atoms with Gasteiger partial charge in [-0.3, -0.25) is 4.98 Å². The van der Waals surface area contributed by atoms with Gasteiger partial charge < -0.3 is 4.74 Å². The summed E-state index contributed by atoms with van der Waals surface area (Å²) < 4.78 is 4.54. The van der Waals surface area contributed by atoms with Gasteiger partial charge in [-0.2, -0.15) is 0 Å². The van der Waals surface area contributed by atoms with Crippen LogP contribution in [0.4, 0.5) is 0 Å². The number of methoxy groups -OCH3 is 1. The van der Waals surface area contributed by atoms with Gasteiger partial charge in [0.05, 0.1) is 12.7 Å². The molecule has 0 aliphatic heterocycles. The van der Waals surface area contributed by atoms with E-state index in [1.54, 1.807) is 12.3 Å². The molecule has 3 nitrogen and oxygen atoms in total. The second-order valence-corrected chi connectivity index (χ2v) is 2.18. The zero-order chi connectivity index (χ0) is 8.27. The van der Waals surface area contributed by atoms with Crippen molar-refractivity contribution in [1.82, 2.24) is 4.98 Å². The maximum absolute atomic E-state index is 11.0. The molecule has 1 aromatic heterocycles. The van der Waals surface area contributed by atoms with E-state index in [1.165, 1.54) is 13.3 Å². The van der Waals surface area contributed by atoms with Gasteiger partial charge in [-0.25, -0.2) is 4.79 Å². The van der Waals surface area contributed by atoms with Crippen molar-refractivity contribution in [3.63, 3.8) is 0 Å². The first-order chi connectivity index (χ1) is 5.25. The molecule has 1 rings (SSSR count). The summed E-state index contributed by atoms with van der Waals surface area (Å²) in [5.74, 6) is -0.337. The second-order valence-electron chi connectivity index (χ2n) is 2.18. The van der Waals surface area contributed by atoms with Crippen molar-refractivity contribution in [2.24, 2.45) is 0 Å². The summed E-state index contributed by atoms with van der Waals surface area (Å²) in [7, 11) is 1.36. The topological polar surface area (TPSA) is 39.2 Å². The smallest absolute Gasteiger partial charge is 0.339 e.